The van der Waals surface area contributed by atoms with E-state index >= 15 is 0 Å². The number of unbranched alkanes of at least 4 members (excludes halogenated alkanes) is 2. The van der Waals surface area contributed by atoms with Crippen molar-refractivity contribution in [3.8, 4) is 0 Å². The van der Waals surface area contributed by atoms with E-state index in [1.54, 1.807) is 24.3 Å². The maximum absolute atomic E-state index is 12.5. The molecule has 0 aliphatic heterocycles. The molecule has 0 atom stereocenters. The van der Waals surface area contributed by atoms with Gasteiger partial charge in [0.15, 0.2) is 0 Å². The van der Waals surface area contributed by atoms with E-state index in [1.807, 2.05) is 24.4 Å². The molecule has 0 aliphatic carbocycles. The van der Waals surface area contributed by atoms with E-state index in [4.69, 9.17) is 11.6 Å². The number of nitrogens with zero attached hydrogens (tertiary/aromatic N) is 1. The summed E-state index contributed by atoms with van der Waals surface area (Å²) in [5, 5.41) is 5.22. The summed E-state index contributed by atoms with van der Waals surface area (Å²) < 4.78 is 1.23. The largest absolute Gasteiger partial charge is 0.361 e. The Morgan fingerprint density at radius 2 is 1.84 bits per heavy atom. The maximum Gasteiger partial charge on any atom is 0.328 e. The first kappa shape index (κ1) is 21.9. The number of benzene rings is 2. The second-order valence-corrected chi connectivity index (χ2v) is 8.28. The molecule has 0 radical (unpaired) electrons. The molecule has 2 heterocycles. The Labute approximate surface area is 189 Å². The molecule has 0 bridgehead atoms. The SMILES string of the molecule is O=C(CCCCCn1c(=O)[nH]c2ccccc2c1=O)NCCc1c[nH]c2ccc(Cl)cc12. The molecule has 0 spiro atoms. The highest BCUT2D eigenvalue weighted by Crippen LogP contribution is 2.22. The summed E-state index contributed by atoms with van der Waals surface area (Å²) in [4.78, 5) is 42.8. The van der Waals surface area contributed by atoms with Crippen LogP contribution < -0.4 is 16.6 Å². The third-order valence-corrected chi connectivity index (χ3v) is 5.86. The summed E-state index contributed by atoms with van der Waals surface area (Å²) in [5.41, 5.74) is 2.02. The Morgan fingerprint density at radius 1 is 1.00 bits per heavy atom. The number of amides is 1. The Bertz CT molecular complexity index is 1370. The average Bonchev–Trinajstić information content (AvgIpc) is 3.17. The lowest BCUT2D eigenvalue weighted by Crippen LogP contribution is -2.35. The Kier molecular flexibility index (Phi) is 6.75. The normalized spacial score (nSPS) is 11.3. The molecule has 4 rings (SSSR count). The van der Waals surface area contributed by atoms with Crippen molar-refractivity contribution in [1.82, 2.24) is 19.9 Å². The lowest BCUT2D eigenvalue weighted by atomic mass is 10.1. The van der Waals surface area contributed by atoms with Crippen molar-refractivity contribution in [3.63, 3.8) is 0 Å². The van der Waals surface area contributed by atoms with Crippen LogP contribution in [0.15, 0.2) is 58.3 Å². The minimum atomic E-state index is -0.398. The zero-order valence-corrected chi connectivity index (χ0v) is 18.4. The van der Waals surface area contributed by atoms with Gasteiger partial charge in [0.2, 0.25) is 5.91 Å². The van der Waals surface area contributed by atoms with Crippen LogP contribution in [0.1, 0.15) is 31.2 Å². The molecule has 0 fully saturated rings. The number of fused-ring (bicyclic) bond motifs is 2. The number of H-pyrrole nitrogens is 2. The molecule has 4 aromatic rings. The fourth-order valence-electron chi connectivity index (χ4n) is 3.92. The quantitative estimate of drug-likeness (QED) is 0.337. The summed E-state index contributed by atoms with van der Waals surface area (Å²) in [7, 11) is 0. The monoisotopic (exact) mass is 452 g/mol. The van der Waals surface area contributed by atoms with E-state index in [0.29, 0.717) is 48.3 Å². The summed E-state index contributed by atoms with van der Waals surface area (Å²) in [6.07, 6.45) is 5.21. The van der Waals surface area contributed by atoms with Crippen LogP contribution in [0, 0.1) is 0 Å². The predicted molar refractivity (Wildman–Crippen MR) is 127 cm³/mol. The van der Waals surface area contributed by atoms with Gasteiger partial charge in [-0.1, -0.05) is 30.2 Å². The molecule has 2 aromatic heterocycles. The molecule has 0 saturated carbocycles. The van der Waals surface area contributed by atoms with Gasteiger partial charge in [-0.15, -0.1) is 0 Å². The fourth-order valence-corrected chi connectivity index (χ4v) is 4.09. The van der Waals surface area contributed by atoms with E-state index in [2.05, 4.69) is 15.3 Å². The van der Waals surface area contributed by atoms with Crippen LogP contribution in [0.5, 0.6) is 0 Å². The zero-order valence-electron chi connectivity index (χ0n) is 17.6. The standard InChI is InChI=1S/C24H25ClN4O3/c25-17-9-10-20-19(14-17)16(15-27-20)11-12-26-22(30)8-2-1-5-13-29-23(31)18-6-3-4-7-21(18)28-24(29)32/h3-4,6-7,9-10,14-15,27H,1-2,5,8,11-13H2,(H,26,30)(H,28,32). The van der Waals surface area contributed by atoms with Crippen LogP contribution in [0.4, 0.5) is 0 Å². The van der Waals surface area contributed by atoms with Crippen molar-refractivity contribution < 1.29 is 4.79 Å². The van der Waals surface area contributed by atoms with Crippen LogP contribution in [-0.4, -0.2) is 27.0 Å². The number of rotatable bonds is 9. The van der Waals surface area contributed by atoms with Crippen LogP contribution in [-0.2, 0) is 17.8 Å². The number of aromatic amines is 2. The van der Waals surface area contributed by atoms with Gasteiger partial charge >= 0.3 is 5.69 Å². The highest BCUT2D eigenvalue weighted by atomic mass is 35.5. The second-order valence-electron chi connectivity index (χ2n) is 7.85. The number of hydrogen-bond donors (Lipinski definition) is 3. The molecular weight excluding hydrogens is 428 g/mol. The highest BCUT2D eigenvalue weighted by molar-refractivity contribution is 6.31. The summed E-state index contributed by atoms with van der Waals surface area (Å²) >= 11 is 6.08. The zero-order chi connectivity index (χ0) is 22.5. The molecule has 3 N–H and O–H groups in total. The number of nitrogens with one attached hydrogen (secondary N) is 3. The van der Waals surface area contributed by atoms with Gasteiger partial charge in [-0.2, -0.15) is 0 Å². The molecule has 0 unspecified atom stereocenters. The summed E-state index contributed by atoms with van der Waals surface area (Å²) in [5.74, 6) is 0.00333. The van der Waals surface area contributed by atoms with Crippen LogP contribution in [0.3, 0.4) is 0 Å². The third-order valence-electron chi connectivity index (χ3n) is 5.62. The molecular formula is C24H25ClN4O3. The van der Waals surface area contributed by atoms with E-state index in [9.17, 15) is 14.4 Å². The van der Waals surface area contributed by atoms with Gasteiger partial charge in [0.1, 0.15) is 0 Å². The Morgan fingerprint density at radius 3 is 2.72 bits per heavy atom. The van der Waals surface area contributed by atoms with Crippen molar-refractivity contribution in [1.29, 1.82) is 0 Å². The molecule has 7 nitrogen and oxygen atoms in total. The molecule has 166 valence electrons. The van der Waals surface area contributed by atoms with Gasteiger partial charge in [0.05, 0.1) is 10.9 Å². The molecule has 8 heteroatoms. The molecule has 2 aromatic carbocycles. The number of para-hydroxylation sites is 1. The van der Waals surface area contributed by atoms with E-state index in [0.717, 1.165) is 29.3 Å². The van der Waals surface area contributed by atoms with E-state index in [1.165, 1.54) is 4.57 Å². The summed E-state index contributed by atoms with van der Waals surface area (Å²) in [6, 6.07) is 12.7. The average molecular weight is 453 g/mol. The van der Waals surface area contributed by atoms with Crippen molar-refractivity contribution in [2.45, 2.75) is 38.6 Å². The molecule has 0 saturated heterocycles. The third kappa shape index (κ3) is 4.94. The number of hydrogen-bond acceptors (Lipinski definition) is 3. The van der Waals surface area contributed by atoms with Gasteiger partial charge in [-0.05, 0) is 55.2 Å². The van der Waals surface area contributed by atoms with Crippen LogP contribution in [0.25, 0.3) is 21.8 Å². The number of carbonyl (C=O) groups excluding carboxylic acids is 1. The first-order valence-corrected chi connectivity index (χ1v) is 11.1. The number of aromatic nitrogens is 3. The van der Waals surface area contributed by atoms with Crippen molar-refractivity contribution in [2.75, 3.05) is 6.54 Å². The highest BCUT2D eigenvalue weighted by Gasteiger charge is 2.08. The maximum atomic E-state index is 12.5. The van der Waals surface area contributed by atoms with Gasteiger partial charge in [0.25, 0.3) is 5.56 Å². The Hall–Kier alpha value is -3.32. The lowest BCUT2D eigenvalue weighted by molar-refractivity contribution is -0.121. The van der Waals surface area contributed by atoms with E-state index < -0.39 is 5.69 Å². The fraction of sp³-hybridized carbons (Fsp3) is 0.292. The van der Waals surface area contributed by atoms with Crippen LogP contribution in [0.2, 0.25) is 5.02 Å². The predicted octanol–water partition coefficient (Wildman–Crippen LogP) is 3.74. The number of carbonyl (C=O) groups is 1. The molecule has 0 aliphatic rings. The van der Waals surface area contributed by atoms with Crippen molar-refractivity contribution >= 4 is 39.3 Å². The van der Waals surface area contributed by atoms with Gasteiger partial charge in [-0.25, -0.2) is 4.79 Å². The summed E-state index contributed by atoms with van der Waals surface area (Å²) in [6.45, 7) is 0.893. The minimum Gasteiger partial charge on any atom is -0.361 e. The Balaban J connectivity index is 1.20. The van der Waals surface area contributed by atoms with Gasteiger partial charge in [-0.3, -0.25) is 14.2 Å². The topological polar surface area (TPSA) is 99.8 Å². The first-order chi connectivity index (χ1) is 15.5. The lowest BCUT2D eigenvalue weighted by Gasteiger charge is -2.07. The van der Waals surface area contributed by atoms with Crippen LogP contribution >= 0.6 is 11.6 Å². The number of halogens is 1. The first-order valence-electron chi connectivity index (χ1n) is 10.8. The van der Waals surface area contributed by atoms with Gasteiger partial charge < -0.3 is 15.3 Å². The van der Waals surface area contributed by atoms with Crippen molar-refractivity contribution in [3.05, 3.63) is 80.1 Å². The van der Waals surface area contributed by atoms with Gasteiger partial charge in [0, 0.05) is 41.6 Å². The molecule has 1 amide bonds. The minimum absolute atomic E-state index is 0.00333. The molecule has 32 heavy (non-hydrogen) atoms. The van der Waals surface area contributed by atoms with Crippen molar-refractivity contribution in [2.24, 2.45) is 0 Å². The second kappa shape index (κ2) is 9.87. The smallest absolute Gasteiger partial charge is 0.328 e. The van der Waals surface area contributed by atoms with E-state index in [-0.39, 0.29) is 11.5 Å².